The lowest BCUT2D eigenvalue weighted by Gasteiger charge is -2.29. The third kappa shape index (κ3) is 3.68. The number of nitrogens with one attached hydrogen (secondary N) is 1. The summed E-state index contributed by atoms with van der Waals surface area (Å²) in [6.45, 7) is 10.0. The SMILES string of the molecule is C=C(C)C(C)(C)c1cc(S(=O)(=O)OC)ccc1Nc1ccccc1. The lowest BCUT2D eigenvalue weighted by Crippen LogP contribution is -2.20. The summed E-state index contributed by atoms with van der Waals surface area (Å²) in [7, 11) is -2.59. The Balaban J connectivity index is 2.60. The minimum Gasteiger partial charge on any atom is -0.355 e. The zero-order valence-corrected chi connectivity index (χ0v) is 15.3. The van der Waals surface area contributed by atoms with E-state index in [9.17, 15) is 8.42 Å². The molecule has 0 saturated heterocycles. The number of allylic oxidation sites excluding steroid dienone is 1. The summed E-state index contributed by atoms with van der Waals surface area (Å²) < 4.78 is 28.7. The second-order valence-electron chi connectivity index (χ2n) is 6.22. The van der Waals surface area contributed by atoms with Gasteiger partial charge in [0.2, 0.25) is 0 Å². The summed E-state index contributed by atoms with van der Waals surface area (Å²) in [6.07, 6.45) is 0. The molecule has 2 aromatic carbocycles. The van der Waals surface area contributed by atoms with Crippen LogP contribution in [0.25, 0.3) is 0 Å². The molecule has 0 amide bonds. The third-order valence-corrected chi connectivity index (χ3v) is 5.56. The summed E-state index contributed by atoms with van der Waals surface area (Å²) >= 11 is 0. The van der Waals surface area contributed by atoms with Gasteiger partial charge in [-0.05, 0) is 42.8 Å². The highest BCUT2D eigenvalue weighted by Crippen LogP contribution is 2.38. The topological polar surface area (TPSA) is 55.4 Å². The van der Waals surface area contributed by atoms with Crippen molar-refractivity contribution >= 4 is 21.5 Å². The van der Waals surface area contributed by atoms with Crippen molar-refractivity contribution in [1.29, 1.82) is 0 Å². The van der Waals surface area contributed by atoms with E-state index < -0.39 is 15.5 Å². The lowest BCUT2D eigenvalue weighted by atomic mass is 9.78. The van der Waals surface area contributed by atoms with Gasteiger partial charge >= 0.3 is 0 Å². The number of para-hydroxylation sites is 1. The molecule has 0 aliphatic rings. The van der Waals surface area contributed by atoms with E-state index in [0.29, 0.717) is 0 Å². The van der Waals surface area contributed by atoms with Crippen molar-refractivity contribution in [2.45, 2.75) is 31.1 Å². The predicted octanol–water partition coefficient (Wildman–Crippen LogP) is 4.62. The Morgan fingerprint density at radius 2 is 1.75 bits per heavy atom. The molecule has 5 heteroatoms. The first-order chi connectivity index (χ1) is 11.2. The second-order valence-corrected chi connectivity index (χ2v) is 7.94. The van der Waals surface area contributed by atoms with Crippen molar-refractivity contribution in [1.82, 2.24) is 0 Å². The molecule has 1 N–H and O–H groups in total. The highest BCUT2D eigenvalue weighted by Gasteiger charge is 2.27. The van der Waals surface area contributed by atoms with Crippen LogP contribution in [-0.4, -0.2) is 15.5 Å². The molecule has 0 fully saturated rings. The molecule has 0 atom stereocenters. The fraction of sp³-hybridized carbons (Fsp3) is 0.263. The van der Waals surface area contributed by atoms with Crippen LogP contribution >= 0.6 is 0 Å². The molecule has 0 spiro atoms. The van der Waals surface area contributed by atoms with E-state index in [1.807, 2.05) is 51.1 Å². The maximum Gasteiger partial charge on any atom is 0.296 e. The Morgan fingerprint density at radius 1 is 1.12 bits per heavy atom. The first kappa shape index (κ1) is 18.2. The quantitative estimate of drug-likeness (QED) is 0.613. The Labute approximate surface area is 144 Å². The minimum absolute atomic E-state index is 0.132. The molecule has 128 valence electrons. The molecule has 0 unspecified atom stereocenters. The second kappa shape index (κ2) is 6.79. The lowest BCUT2D eigenvalue weighted by molar-refractivity contribution is 0.397. The Morgan fingerprint density at radius 3 is 2.29 bits per heavy atom. The summed E-state index contributed by atoms with van der Waals surface area (Å²) in [5, 5.41) is 3.35. The Bertz CT molecular complexity index is 840. The first-order valence-corrected chi connectivity index (χ1v) is 9.02. The molecule has 0 aliphatic carbocycles. The molecule has 0 heterocycles. The Kier molecular flexibility index (Phi) is 5.16. The van der Waals surface area contributed by atoms with Crippen LogP contribution in [0.5, 0.6) is 0 Å². The maximum absolute atomic E-state index is 12.1. The zero-order chi connectivity index (χ0) is 18.0. The van der Waals surface area contributed by atoms with Crippen LogP contribution in [0, 0.1) is 0 Å². The molecule has 2 rings (SSSR count). The van der Waals surface area contributed by atoms with E-state index in [1.165, 1.54) is 0 Å². The van der Waals surface area contributed by atoms with E-state index in [-0.39, 0.29) is 4.90 Å². The summed E-state index contributed by atoms with van der Waals surface area (Å²) in [5.74, 6) is 0. The van der Waals surface area contributed by atoms with Gasteiger partial charge < -0.3 is 5.32 Å². The van der Waals surface area contributed by atoms with Crippen LogP contribution in [0.4, 0.5) is 11.4 Å². The number of anilines is 2. The Hall–Kier alpha value is -2.11. The van der Waals surface area contributed by atoms with Gasteiger partial charge in [-0.25, -0.2) is 0 Å². The van der Waals surface area contributed by atoms with E-state index in [1.54, 1.807) is 18.2 Å². The minimum atomic E-state index is -3.75. The third-order valence-electron chi connectivity index (χ3n) is 4.29. The van der Waals surface area contributed by atoms with Gasteiger partial charge in [0.05, 0.1) is 12.0 Å². The largest absolute Gasteiger partial charge is 0.355 e. The molecule has 0 saturated carbocycles. The standard InChI is InChI=1S/C19H23NO3S/c1-14(2)19(3,4)17-13-16(24(21,22)23-5)11-12-18(17)20-15-9-7-6-8-10-15/h6-13,20H,1H2,2-5H3. The maximum atomic E-state index is 12.1. The van der Waals surface area contributed by atoms with Crippen LogP contribution < -0.4 is 5.32 Å². The van der Waals surface area contributed by atoms with Crippen LogP contribution in [0.1, 0.15) is 26.3 Å². The number of rotatable bonds is 6. The smallest absolute Gasteiger partial charge is 0.296 e. The number of benzene rings is 2. The molecule has 0 bridgehead atoms. The average molecular weight is 345 g/mol. The van der Waals surface area contributed by atoms with Crippen molar-refractivity contribution in [2.24, 2.45) is 0 Å². The van der Waals surface area contributed by atoms with Gasteiger partial charge in [0.1, 0.15) is 0 Å². The van der Waals surface area contributed by atoms with Crippen LogP contribution in [0.3, 0.4) is 0 Å². The van der Waals surface area contributed by atoms with Gasteiger partial charge in [0.15, 0.2) is 0 Å². The molecule has 0 aliphatic heterocycles. The van der Waals surface area contributed by atoms with Gasteiger partial charge in [0.25, 0.3) is 10.1 Å². The van der Waals surface area contributed by atoms with Crippen LogP contribution in [-0.2, 0) is 19.7 Å². The van der Waals surface area contributed by atoms with Crippen molar-refractivity contribution in [3.63, 3.8) is 0 Å². The van der Waals surface area contributed by atoms with E-state index in [2.05, 4.69) is 16.1 Å². The van der Waals surface area contributed by atoms with Crippen LogP contribution in [0.15, 0.2) is 65.6 Å². The zero-order valence-electron chi connectivity index (χ0n) is 14.5. The highest BCUT2D eigenvalue weighted by molar-refractivity contribution is 7.86. The van der Waals surface area contributed by atoms with Crippen LogP contribution in [0.2, 0.25) is 0 Å². The summed E-state index contributed by atoms with van der Waals surface area (Å²) in [6, 6.07) is 14.7. The monoisotopic (exact) mass is 345 g/mol. The van der Waals surface area contributed by atoms with E-state index in [4.69, 9.17) is 0 Å². The van der Waals surface area contributed by atoms with Crippen molar-refractivity contribution in [3.05, 3.63) is 66.2 Å². The van der Waals surface area contributed by atoms with E-state index >= 15 is 0 Å². The van der Waals surface area contributed by atoms with Gasteiger partial charge in [-0.15, -0.1) is 0 Å². The molecule has 24 heavy (non-hydrogen) atoms. The first-order valence-electron chi connectivity index (χ1n) is 7.61. The van der Waals surface area contributed by atoms with Gasteiger partial charge in [-0.3, -0.25) is 4.18 Å². The number of hydrogen-bond acceptors (Lipinski definition) is 4. The van der Waals surface area contributed by atoms with Crippen molar-refractivity contribution < 1.29 is 12.6 Å². The van der Waals surface area contributed by atoms with Crippen molar-refractivity contribution in [2.75, 3.05) is 12.4 Å². The van der Waals surface area contributed by atoms with Crippen molar-refractivity contribution in [3.8, 4) is 0 Å². The number of hydrogen-bond donors (Lipinski definition) is 1. The molecule has 4 nitrogen and oxygen atoms in total. The average Bonchev–Trinajstić information content (AvgIpc) is 2.55. The highest BCUT2D eigenvalue weighted by atomic mass is 32.2. The molecule has 0 radical (unpaired) electrons. The summed E-state index contributed by atoms with van der Waals surface area (Å²) in [5.41, 5.74) is 3.14. The molecule has 2 aromatic rings. The fourth-order valence-corrected chi connectivity index (χ4v) is 3.00. The molecular formula is C19H23NO3S. The predicted molar refractivity (Wildman–Crippen MR) is 98.2 cm³/mol. The van der Waals surface area contributed by atoms with Gasteiger partial charge in [0, 0.05) is 16.8 Å². The fourth-order valence-electron chi connectivity index (χ4n) is 2.31. The normalized spacial score (nSPS) is 12.0. The molecular weight excluding hydrogens is 322 g/mol. The summed E-state index contributed by atoms with van der Waals surface area (Å²) in [4.78, 5) is 0.132. The van der Waals surface area contributed by atoms with Gasteiger partial charge in [-0.1, -0.05) is 44.2 Å². The van der Waals surface area contributed by atoms with E-state index in [0.717, 1.165) is 29.6 Å². The van der Waals surface area contributed by atoms with Gasteiger partial charge in [-0.2, -0.15) is 8.42 Å². The molecule has 0 aromatic heterocycles.